The van der Waals surface area contributed by atoms with Crippen LogP contribution in [0, 0.1) is 11.3 Å². The van der Waals surface area contributed by atoms with Gasteiger partial charge in [-0.2, -0.15) is 5.26 Å². The number of β-amino-alcohol motifs (C(OH)–C–C–N with tert-alkyl or cyclic N) is 2. The Labute approximate surface area is 203 Å². The first-order valence-electron chi connectivity index (χ1n) is 11.9. The minimum absolute atomic E-state index is 0.0123. The highest BCUT2D eigenvalue weighted by molar-refractivity contribution is 6.03. The van der Waals surface area contributed by atoms with E-state index < -0.39 is 5.91 Å². The Bertz CT molecular complexity index is 1130. The molecule has 35 heavy (non-hydrogen) atoms. The molecule has 0 bridgehead atoms. The van der Waals surface area contributed by atoms with Gasteiger partial charge in [-0.1, -0.05) is 12.1 Å². The summed E-state index contributed by atoms with van der Waals surface area (Å²) in [6.07, 6.45) is 7.68. The van der Waals surface area contributed by atoms with Crippen molar-refractivity contribution in [3.05, 3.63) is 53.1 Å². The van der Waals surface area contributed by atoms with Gasteiger partial charge < -0.3 is 30.3 Å². The van der Waals surface area contributed by atoms with E-state index in [-0.39, 0.29) is 49.8 Å². The Balaban J connectivity index is 1.65. The summed E-state index contributed by atoms with van der Waals surface area (Å²) in [7, 11) is 0. The number of hydrogen-bond acceptors (Lipinski definition) is 6. The highest BCUT2D eigenvalue weighted by Crippen LogP contribution is 2.35. The van der Waals surface area contributed by atoms with E-state index in [0.717, 1.165) is 42.4 Å². The molecule has 2 heterocycles. The fourth-order valence-electron chi connectivity index (χ4n) is 4.72. The fourth-order valence-corrected chi connectivity index (χ4v) is 4.72. The maximum atomic E-state index is 12.8. The molecule has 1 aliphatic carbocycles. The van der Waals surface area contributed by atoms with Crippen molar-refractivity contribution in [3.8, 4) is 6.07 Å². The number of aromatic nitrogens is 2. The number of anilines is 1. The van der Waals surface area contributed by atoms with E-state index >= 15 is 0 Å². The molecule has 4 N–H and O–H groups in total. The number of carbonyl (C=O) groups excluding carboxylic acids is 2. The quantitative estimate of drug-likeness (QED) is 0.458. The summed E-state index contributed by atoms with van der Waals surface area (Å²) in [5, 5.41) is 30.8. The van der Waals surface area contributed by atoms with Gasteiger partial charge in [0.1, 0.15) is 6.07 Å². The zero-order valence-corrected chi connectivity index (χ0v) is 19.5. The molecule has 0 radical (unpaired) electrons. The zero-order valence-electron chi connectivity index (χ0n) is 19.5. The van der Waals surface area contributed by atoms with Crippen LogP contribution in [0.3, 0.4) is 0 Å². The molecule has 0 saturated carbocycles. The summed E-state index contributed by atoms with van der Waals surface area (Å²) in [5.41, 5.74) is 3.92. The highest BCUT2D eigenvalue weighted by atomic mass is 16.3. The molecule has 1 aromatic carbocycles. The molecular formula is C25H30N6O4. The molecule has 4 rings (SSSR count). The van der Waals surface area contributed by atoms with Gasteiger partial charge >= 0.3 is 6.03 Å². The van der Waals surface area contributed by atoms with Crippen molar-refractivity contribution in [1.29, 1.82) is 5.26 Å². The van der Waals surface area contributed by atoms with Gasteiger partial charge in [-0.25, -0.2) is 9.78 Å². The first-order valence-corrected chi connectivity index (χ1v) is 11.9. The lowest BCUT2D eigenvalue weighted by atomic mass is 9.88. The second kappa shape index (κ2) is 11.2. The third-order valence-electron chi connectivity index (χ3n) is 6.47. The number of imidazole rings is 1. The van der Waals surface area contributed by atoms with E-state index in [4.69, 9.17) is 5.26 Å². The average molecular weight is 479 g/mol. The van der Waals surface area contributed by atoms with Gasteiger partial charge in [0.15, 0.2) is 11.5 Å². The molecule has 0 unspecified atom stereocenters. The van der Waals surface area contributed by atoms with E-state index in [1.807, 2.05) is 18.2 Å². The van der Waals surface area contributed by atoms with E-state index in [0.29, 0.717) is 18.8 Å². The molecule has 1 saturated heterocycles. The van der Waals surface area contributed by atoms with Crippen molar-refractivity contribution < 1.29 is 19.8 Å². The van der Waals surface area contributed by atoms with Gasteiger partial charge in [0.2, 0.25) is 0 Å². The molecule has 1 fully saturated rings. The molecule has 2 aliphatic rings. The van der Waals surface area contributed by atoms with E-state index in [1.165, 1.54) is 6.20 Å². The van der Waals surface area contributed by atoms with Crippen LogP contribution in [0.1, 0.15) is 59.0 Å². The summed E-state index contributed by atoms with van der Waals surface area (Å²) < 4.78 is 0. The number of aromatic amines is 1. The number of carbonyl (C=O) groups is 2. The third kappa shape index (κ3) is 5.53. The summed E-state index contributed by atoms with van der Waals surface area (Å²) >= 11 is 0. The predicted molar refractivity (Wildman–Crippen MR) is 130 cm³/mol. The van der Waals surface area contributed by atoms with E-state index in [1.54, 1.807) is 9.80 Å². The van der Waals surface area contributed by atoms with Gasteiger partial charge in [0.05, 0.1) is 13.2 Å². The second-order valence-electron chi connectivity index (χ2n) is 8.80. The number of aliphatic hydroxyl groups is 2. The minimum Gasteiger partial charge on any atom is -0.395 e. The number of H-pyrrole nitrogens is 1. The lowest BCUT2D eigenvalue weighted by molar-refractivity contribution is 0.0986. The third-order valence-corrected chi connectivity index (χ3v) is 6.47. The number of amides is 3. The summed E-state index contributed by atoms with van der Waals surface area (Å²) in [5.74, 6) is -0.371. The fraction of sp³-hybridized carbons (Fsp3) is 0.440. The van der Waals surface area contributed by atoms with Gasteiger partial charge in [-0.05, 0) is 49.0 Å². The highest BCUT2D eigenvalue weighted by Gasteiger charge is 2.32. The van der Waals surface area contributed by atoms with Gasteiger partial charge in [-0.15, -0.1) is 0 Å². The standard InChI is InChI=1S/C25H30N6O4/c26-13-20-14-27-23(28-20)24(34)29-22-7-6-18(12-21(22)17-4-2-1-3-5-17)19-15-30(8-10-32)25(35)31(16-19)9-11-33/h4,6-7,12,14,19,32-33H,1-3,5,8-11,15-16H2,(H,27,28)(H,29,34). The van der Waals surface area contributed by atoms with Crippen molar-refractivity contribution >= 4 is 23.2 Å². The van der Waals surface area contributed by atoms with Gasteiger partial charge in [0, 0.05) is 49.5 Å². The number of nitrogens with one attached hydrogen (secondary N) is 2. The van der Waals surface area contributed by atoms with Crippen LogP contribution in [0.2, 0.25) is 0 Å². The predicted octanol–water partition coefficient (Wildman–Crippen LogP) is 2.30. The van der Waals surface area contributed by atoms with Crippen molar-refractivity contribution in [2.45, 2.75) is 31.6 Å². The Morgan fingerprint density at radius 1 is 1.20 bits per heavy atom. The van der Waals surface area contributed by atoms with Crippen LogP contribution >= 0.6 is 0 Å². The van der Waals surface area contributed by atoms with Crippen LogP contribution in [-0.4, -0.2) is 81.3 Å². The Kier molecular flexibility index (Phi) is 7.80. The van der Waals surface area contributed by atoms with Crippen LogP contribution in [0.15, 0.2) is 30.5 Å². The number of nitrogens with zero attached hydrogens (tertiary/aromatic N) is 4. The molecular weight excluding hydrogens is 448 g/mol. The van der Waals surface area contributed by atoms with Crippen LogP contribution in [0.5, 0.6) is 0 Å². The van der Waals surface area contributed by atoms with Gasteiger partial charge in [0.25, 0.3) is 5.91 Å². The van der Waals surface area contributed by atoms with Crippen LogP contribution in [0.25, 0.3) is 5.57 Å². The second-order valence-corrected chi connectivity index (χ2v) is 8.80. The van der Waals surface area contributed by atoms with Crippen LogP contribution in [0.4, 0.5) is 10.5 Å². The van der Waals surface area contributed by atoms with Crippen molar-refractivity contribution in [3.63, 3.8) is 0 Å². The summed E-state index contributed by atoms with van der Waals surface area (Å²) in [6.45, 7) is 1.14. The average Bonchev–Trinajstić information content (AvgIpc) is 3.37. The lowest BCUT2D eigenvalue weighted by Crippen LogP contribution is -2.53. The largest absolute Gasteiger partial charge is 0.395 e. The molecule has 10 nitrogen and oxygen atoms in total. The Morgan fingerprint density at radius 2 is 1.94 bits per heavy atom. The molecule has 10 heteroatoms. The normalized spacial score (nSPS) is 16.7. The first kappa shape index (κ1) is 24.4. The van der Waals surface area contributed by atoms with E-state index in [2.05, 4.69) is 27.4 Å². The number of hydrogen-bond donors (Lipinski definition) is 4. The monoisotopic (exact) mass is 478 g/mol. The maximum absolute atomic E-state index is 12.8. The number of benzene rings is 1. The lowest BCUT2D eigenvalue weighted by Gasteiger charge is -2.40. The molecule has 0 atom stereocenters. The molecule has 1 aliphatic heterocycles. The number of nitriles is 1. The van der Waals surface area contributed by atoms with Crippen LogP contribution in [-0.2, 0) is 0 Å². The molecule has 2 aromatic rings. The first-order chi connectivity index (χ1) is 17.0. The maximum Gasteiger partial charge on any atom is 0.320 e. The molecule has 0 spiro atoms. The smallest absolute Gasteiger partial charge is 0.320 e. The summed E-state index contributed by atoms with van der Waals surface area (Å²) in [4.78, 5) is 35.4. The minimum atomic E-state index is -0.427. The SMILES string of the molecule is N#Cc1c[nH]c(C(=O)Nc2ccc(C3CN(CCO)C(=O)N(CCO)C3)cc2C2=CCCCC2)n1. The number of allylic oxidation sites excluding steroid dienone is 2. The molecule has 184 valence electrons. The van der Waals surface area contributed by atoms with Crippen molar-refractivity contribution in [2.75, 3.05) is 44.7 Å². The van der Waals surface area contributed by atoms with Crippen LogP contribution < -0.4 is 5.32 Å². The molecule has 3 amide bonds. The van der Waals surface area contributed by atoms with E-state index in [9.17, 15) is 19.8 Å². The number of rotatable bonds is 8. The number of aliphatic hydroxyl groups excluding tert-OH is 2. The van der Waals surface area contributed by atoms with Gasteiger partial charge in [-0.3, -0.25) is 4.79 Å². The topological polar surface area (TPSA) is 146 Å². The Hall–Kier alpha value is -3.68. The summed E-state index contributed by atoms with van der Waals surface area (Å²) in [6, 6.07) is 7.61. The van der Waals surface area contributed by atoms with Crippen molar-refractivity contribution in [1.82, 2.24) is 19.8 Å². The number of urea groups is 1. The zero-order chi connectivity index (χ0) is 24.8. The Morgan fingerprint density at radius 3 is 2.54 bits per heavy atom. The van der Waals surface area contributed by atoms with Crippen molar-refractivity contribution in [2.24, 2.45) is 0 Å². The molecule has 1 aromatic heterocycles.